The first kappa shape index (κ1) is 17.5. The Hall–Kier alpha value is -2.82. The molecule has 1 heterocycles. The van der Waals surface area contributed by atoms with Crippen LogP contribution in [0.4, 0.5) is 5.69 Å². The van der Waals surface area contributed by atoms with Crippen molar-refractivity contribution in [3.8, 4) is 0 Å². The predicted octanol–water partition coefficient (Wildman–Crippen LogP) is 3.30. The number of carbonyl (C=O) groups is 2. The molecule has 0 aliphatic carbocycles. The summed E-state index contributed by atoms with van der Waals surface area (Å²) in [6.45, 7) is 4.19. The van der Waals surface area contributed by atoms with Crippen molar-refractivity contribution in [3.05, 3.63) is 65.5 Å². The molecule has 0 unspecified atom stereocenters. The number of hydrogen-bond acceptors (Lipinski definition) is 5. The van der Waals surface area contributed by atoms with E-state index in [2.05, 4.69) is 13.8 Å². The summed E-state index contributed by atoms with van der Waals surface area (Å²) >= 11 is 0. The van der Waals surface area contributed by atoms with Gasteiger partial charge in [-0.2, -0.15) is 0 Å². The van der Waals surface area contributed by atoms with Gasteiger partial charge in [-0.3, -0.25) is 0 Å². The van der Waals surface area contributed by atoms with Crippen LogP contribution in [0, 0.1) is 0 Å². The molecule has 0 N–H and O–H groups in total. The number of esters is 2. The maximum Gasteiger partial charge on any atom is 0.355 e. The first-order valence-corrected chi connectivity index (χ1v) is 7.64. The van der Waals surface area contributed by atoms with Crippen LogP contribution in [0.2, 0.25) is 0 Å². The van der Waals surface area contributed by atoms with Crippen molar-refractivity contribution in [1.82, 2.24) is 0 Å². The lowest BCUT2D eigenvalue weighted by Gasteiger charge is -2.24. The Balaban J connectivity index is 2.63. The highest BCUT2D eigenvalue weighted by atomic mass is 16.5. The number of nitrogens with zero attached hydrogens (tertiary/aromatic N) is 1. The Bertz CT molecular complexity index is 729. The minimum Gasteiger partial charge on any atom is -0.465 e. The molecule has 1 aromatic carbocycles. The molecular weight excluding hydrogens is 306 g/mol. The lowest BCUT2D eigenvalue weighted by molar-refractivity contribution is -0.139. The number of hydrogen-bond donors (Lipinski definition) is 0. The van der Waals surface area contributed by atoms with Gasteiger partial charge in [-0.1, -0.05) is 32.1 Å². The van der Waals surface area contributed by atoms with E-state index in [1.54, 1.807) is 29.3 Å². The van der Waals surface area contributed by atoms with Gasteiger partial charge < -0.3 is 14.4 Å². The molecule has 0 spiro atoms. The molecule has 5 nitrogen and oxygen atoms in total. The Morgan fingerprint density at radius 2 is 1.75 bits per heavy atom. The second-order valence-electron chi connectivity index (χ2n) is 5.57. The third kappa shape index (κ3) is 3.56. The topological polar surface area (TPSA) is 55.8 Å². The van der Waals surface area contributed by atoms with Crippen LogP contribution >= 0.6 is 0 Å². The van der Waals surface area contributed by atoms with Crippen molar-refractivity contribution < 1.29 is 19.1 Å². The lowest BCUT2D eigenvalue weighted by atomic mass is 10.0. The van der Waals surface area contributed by atoms with Gasteiger partial charge in [-0.15, -0.1) is 0 Å². The summed E-state index contributed by atoms with van der Waals surface area (Å²) in [5.41, 5.74) is 2.16. The molecule has 0 atom stereocenters. The van der Waals surface area contributed by atoms with Crippen LogP contribution in [0.3, 0.4) is 0 Å². The molecule has 1 aliphatic rings. The van der Waals surface area contributed by atoms with Crippen LogP contribution in [0.5, 0.6) is 0 Å². The monoisotopic (exact) mass is 327 g/mol. The van der Waals surface area contributed by atoms with E-state index in [0.29, 0.717) is 5.92 Å². The standard InChI is InChI=1S/C19H21NO4/c1-13(2)14-8-7-9-15(12-14)20-11-6-5-10-16(18(21)23-3)17(20)19(22)24-4/h5-13H,1-4H3. The van der Waals surface area contributed by atoms with Gasteiger partial charge in [-0.25, -0.2) is 9.59 Å². The lowest BCUT2D eigenvalue weighted by Crippen LogP contribution is -2.27. The molecule has 2 rings (SSSR count). The van der Waals surface area contributed by atoms with Gasteiger partial charge in [0, 0.05) is 11.9 Å². The van der Waals surface area contributed by atoms with Crippen molar-refractivity contribution in [3.63, 3.8) is 0 Å². The van der Waals surface area contributed by atoms with Gasteiger partial charge in [0.25, 0.3) is 0 Å². The quantitative estimate of drug-likeness (QED) is 0.794. The van der Waals surface area contributed by atoms with Crippen LogP contribution in [0.1, 0.15) is 25.3 Å². The predicted molar refractivity (Wildman–Crippen MR) is 92.3 cm³/mol. The maximum absolute atomic E-state index is 12.4. The second-order valence-corrected chi connectivity index (χ2v) is 5.57. The normalized spacial score (nSPS) is 14.0. The minimum atomic E-state index is -0.610. The smallest absolute Gasteiger partial charge is 0.355 e. The van der Waals surface area contributed by atoms with Crippen molar-refractivity contribution in [1.29, 1.82) is 0 Å². The van der Waals surface area contributed by atoms with E-state index in [-0.39, 0.29) is 11.3 Å². The number of benzene rings is 1. The van der Waals surface area contributed by atoms with E-state index in [9.17, 15) is 9.59 Å². The molecule has 24 heavy (non-hydrogen) atoms. The van der Waals surface area contributed by atoms with E-state index in [1.807, 2.05) is 24.3 Å². The first-order chi connectivity index (χ1) is 11.5. The maximum atomic E-state index is 12.4. The molecule has 1 aliphatic heterocycles. The van der Waals surface area contributed by atoms with Gasteiger partial charge in [-0.05, 0) is 35.8 Å². The van der Waals surface area contributed by atoms with Gasteiger partial charge in [0.2, 0.25) is 0 Å². The zero-order valence-corrected chi connectivity index (χ0v) is 14.3. The summed E-state index contributed by atoms with van der Waals surface area (Å²) in [5.74, 6) is -0.869. The summed E-state index contributed by atoms with van der Waals surface area (Å²) in [7, 11) is 2.56. The van der Waals surface area contributed by atoms with Crippen LogP contribution in [0.15, 0.2) is 60.0 Å². The number of carbonyl (C=O) groups excluding carboxylic acids is 2. The SMILES string of the molecule is COC(=O)C1=C(C(=O)OC)N(c2cccc(C(C)C)c2)C=CC=C1. The highest BCUT2D eigenvalue weighted by Crippen LogP contribution is 2.28. The molecule has 0 amide bonds. The van der Waals surface area contributed by atoms with Crippen LogP contribution in [0.25, 0.3) is 0 Å². The summed E-state index contributed by atoms with van der Waals surface area (Å²) < 4.78 is 9.69. The molecule has 0 saturated carbocycles. The minimum absolute atomic E-state index is 0.121. The largest absolute Gasteiger partial charge is 0.465 e. The first-order valence-electron chi connectivity index (χ1n) is 7.64. The van der Waals surface area contributed by atoms with Crippen LogP contribution in [-0.4, -0.2) is 26.2 Å². The summed E-state index contributed by atoms with van der Waals surface area (Å²) in [5, 5.41) is 0. The Kier molecular flexibility index (Phi) is 5.58. The fraction of sp³-hybridized carbons (Fsp3) is 0.263. The zero-order chi connectivity index (χ0) is 17.7. The number of allylic oxidation sites excluding steroid dienone is 2. The molecule has 126 valence electrons. The molecule has 0 fully saturated rings. The molecule has 0 bridgehead atoms. The van der Waals surface area contributed by atoms with E-state index >= 15 is 0 Å². The van der Waals surface area contributed by atoms with Gasteiger partial charge in [0.1, 0.15) is 5.70 Å². The van der Waals surface area contributed by atoms with Crippen molar-refractivity contribution in [2.45, 2.75) is 19.8 Å². The average molecular weight is 327 g/mol. The summed E-state index contributed by atoms with van der Waals surface area (Å²) in [6.07, 6.45) is 6.70. The van der Waals surface area contributed by atoms with E-state index in [0.717, 1.165) is 11.3 Å². The summed E-state index contributed by atoms with van der Waals surface area (Å²) in [4.78, 5) is 26.1. The van der Waals surface area contributed by atoms with Gasteiger partial charge in [0.05, 0.1) is 19.8 Å². The van der Waals surface area contributed by atoms with Crippen LogP contribution in [-0.2, 0) is 19.1 Å². The highest BCUT2D eigenvalue weighted by Gasteiger charge is 2.27. The molecule has 0 aromatic heterocycles. The Labute approximate surface area is 141 Å². The Morgan fingerprint density at radius 3 is 2.38 bits per heavy atom. The van der Waals surface area contributed by atoms with E-state index in [1.165, 1.54) is 14.2 Å². The highest BCUT2D eigenvalue weighted by molar-refractivity contribution is 6.05. The molecular formula is C19H21NO4. The van der Waals surface area contributed by atoms with Crippen molar-refractivity contribution in [2.24, 2.45) is 0 Å². The molecule has 0 radical (unpaired) electrons. The van der Waals surface area contributed by atoms with E-state index < -0.39 is 11.9 Å². The number of methoxy groups -OCH3 is 2. The molecule has 1 aromatic rings. The van der Waals surface area contributed by atoms with Crippen LogP contribution < -0.4 is 4.90 Å². The van der Waals surface area contributed by atoms with Gasteiger partial charge >= 0.3 is 11.9 Å². The fourth-order valence-electron chi connectivity index (χ4n) is 2.40. The van der Waals surface area contributed by atoms with Gasteiger partial charge in [0.15, 0.2) is 0 Å². The fourth-order valence-corrected chi connectivity index (χ4v) is 2.40. The second kappa shape index (κ2) is 7.64. The van der Waals surface area contributed by atoms with Crippen molar-refractivity contribution in [2.75, 3.05) is 19.1 Å². The number of anilines is 1. The zero-order valence-electron chi connectivity index (χ0n) is 14.3. The third-order valence-electron chi connectivity index (χ3n) is 3.70. The average Bonchev–Trinajstić information content (AvgIpc) is 2.83. The number of ether oxygens (including phenoxy) is 2. The van der Waals surface area contributed by atoms with E-state index in [4.69, 9.17) is 9.47 Å². The van der Waals surface area contributed by atoms with Crippen molar-refractivity contribution >= 4 is 17.6 Å². The molecule has 5 heteroatoms. The molecule has 0 saturated heterocycles. The Morgan fingerprint density at radius 1 is 1.04 bits per heavy atom. The number of rotatable bonds is 4. The third-order valence-corrected chi connectivity index (χ3v) is 3.70. The summed E-state index contributed by atoms with van der Waals surface area (Å²) in [6, 6.07) is 7.80.